The second kappa shape index (κ2) is 8.99. The van der Waals surface area contributed by atoms with Gasteiger partial charge in [-0.05, 0) is 44.2 Å². The van der Waals surface area contributed by atoms with E-state index in [1.165, 1.54) is 18.2 Å². The highest BCUT2D eigenvalue weighted by atomic mass is 32.2. The maximum atomic E-state index is 12.7. The van der Waals surface area contributed by atoms with Crippen molar-refractivity contribution in [1.82, 2.24) is 19.8 Å². The molecule has 28 heavy (non-hydrogen) atoms. The Balaban J connectivity index is 1.74. The first-order chi connectivity index (χ1) is 13.3. The number of rotatable bonds is 6. The number of benzene rings is 1. The highest BCUT2D eigenvalue weighted by molar-refractivity contribution is 7.99. The standard InChI is InChI=1S/C21H30N4O2S/c1-14(2)22-19(26)12-25-18-8-6-5-7-17(18)23-21(25)28-13-20(27)24-10-15(3)9-16(4)11-24/h5-8,14-16H,9-13H2,1-4H3,(H,22,26). The number of likely N-dealkylation sites (tertiary alicyclic amines) is 1. The number of nitrogens with one attached hydrogen (secondary N) is 1. The topological polar surface area (TPSA) is 67.2 Å². The zero-order chi connectivity index (χ0) is 20.3. The van der Waals surface area contributed by atoms with Crippen molar-refractivity contribution in [2.45, 2.75) is 51.9 Å². The number of aromatic nitrogens is 2. The average Bonchev–Trinajstić information content (AvgIpc) is 2.95. The zero-order valence-corrected chi connectivity index (χ0v) is 18.0. The van der Waals surface area contributed by atoms with Gasteiger partial charge in [-0.1, -0.05) is 37.7 Å². The van der Waals surface area contributed by atoms with Crippen LogP contribution >= 0.6 is 11.8 Å². The molecular formula is C21H30N4O2S. The summed E-state index contributed by atoms with van der Waals surface area (Å²) in [5.41, 5.74) is 1.76. The van der Waals surface area contributed by atoms with Gasteiger partial charge in [0.05, 0.1) is 16.8 Å². The molecular weight excluding hydrogens is 372 g/mol. The molecule has 1 aliphatic rings. The van der Waals surface area contributed by atoms with Gasteiger partial charge >= 0.3 is 0 Å². The Morgan fingerprint density at radius 3 is 2.57 bits per heavy atom. The van der Waals surface area contributed by atoms with Crippen LogP contribution in [-0.4, -0.2) is 51.1 Å². The van der Waals surface area contributed by atoms with Gasteiger partial charge in [0.25, 0.3) is 0 Å². The molecule has 1 aromatic carbocycles. The van der Waals surface area contributed by atoms with Gasteiger partial charge in [-0.25, -0.2) is 4.98 Å². The minimum absolute atomic E-state index is 0.0509. The first kappa shape index (κ1) is 20.7. The molecule has 2 aromatic rings. The molecule has 0 spiro atoms. The molecule has 2 unspecified atom stereocenters. The summed E-state index contributed by atoms with van der Waals surface area (Å²) in [7, 11) is 0. The Bertz CT molecular complexity index is 838. The summed E-state index contributed by atoms with van der Waals surface area (Å²) in [6.07, 6.45) is 1.18. The minimum Gasteiger partial charge on any atom is -0.352 e. The van der Waals surface area contributed by atoms with Crippen LogP contribution in [0.15, 0.2) is 29.4 Å². The number of hydrogen-bond donors (Lipinski definition) is 1. The maximum Gasteiger partial charge on any atom is 0.240 e. The molecule has 1 fully saturated rings. The van der Waals surface area contributed by atoms with E-state index in [1.54, 1.807) is 0 Å². The van der Waals surface area contributed by atoms with E-state index in [4.69, 9.17) is 0 Å². The van der Waals surface area contributed by atoms with Crippen LogP contribution < -0.4 is 5.32 Å². The lowest BCUT2D eigenvalue weighted by Crippen LogP contribution is -2.43. The van der Waals surface area contributed by atoms with E-state index in [-0.39, 0.29) is 24.4 Å². The number of piperidine rings is 1. The minimum atomic E-state index is -0.0509. The van der Waals surface area contributed by atoms with E-state index in [9.17, 15) is 9.59 Å². The fourth-order valence-electron chi connectivity index (χ4n) is 3.91. The van der Waals surface area contributed by atoms with Crippen molar-refractivity contribution in [3.05, 3.63) is 24.3 Å². The van der Waals surface area contributed by atoms with Gasteiger partial charge < -0.3 is 14.8 Å². The van der Waals surface area contributed by atoms with Crippen molar-refractivity contribution in [3.8, 4) is 0 Å². The van der Waals surface area contributed by atoms with Crippen molar-refractivity contribution in [3.63, 3.8) is 0 Å². The van der Waals surface area contributed by atoms with Gasteiger partial charge in [0.1, 0.15) is 6.54 Å². The normalized spacial score (nSPS) is 20.0. The summed E-state index contributed by atoms with van der Waals surface area (Å²) >= 11 is 1.42. The Morgan fingerprint density at radius 1 is 1.21 bits per heavy atom. The number of carbonyl (C=O) groups excluding carboxylic acids is 2. The third-order valence-electron chi connectivity index (χ3n) is 4.92. The van der Waals surface area contributed by atoms with Crippen molar-refractivity contribution in [1.29, 1.82) is 0 Å². The first-order valence-corrected chi connectivity index (χ1v) is 11.0. The number of amides is 2. The maximum absolute atomic E-state index is 12.7. The van der Waals surface area contributed by atoms with E-state index >= 15 is 0 Å². The van der Waals surface area contributed by atoms with Gasteiger partial charge in [0, 0.05) is 19.1 Å². The number of hydrogen-bond acceptors (Lipinski definition) is 4. The predicted octanol–water partition coefficient (Wildman–Crippen LogP) is 3.16. The van der Waals surface area contributed by atoms with E-state index in [0.717, 1.165) is 24.1 Å². The third-order valence-corrected chi connectivity index (χ3v) is 5.88. The van der Waals surface area contributed by atoms with Gasteiger partial charge in [-0.3, -0.25) is 9.59 Å². The predicted molar refractivity (Wildman–Crippen MR) is 113 cm³/mol. The van der Waals surface area contributed by atoms with Crippen molar-refractivity contribution in [2.24, 2.45) is 11.8 Å². The number of nitrogens with zero attached hydrogens (tertiary/aromatic N) is 3. The molecule has 0 radical (unpaired) electrons. The van der Waals surface area contributed by atoms with E-state index < -0.39 is 0 Å². The number of carbonyl (C=O) groups is 2. The van der Waals surface area contributed by atoms with Crippen LogP contribution in [0.5, 0.6) is 0 Å². The number of fused-ring (bicyclic) bond motifs is 1. The van der Waals surface area contributed by atoms with Crippen molar-refractivity contribution >= 4 is 34.6 Å². The number of imidazole rings is 1. The van der Waals surface area contributed by atoms with Crippen LogP contribution in [0.3, 0.4) is 0 Å². The molecule has 152 valence electrons. The number of thioether (sulfide) groups is 1. The lowest BCUT2D eigenvalue weighted by Gasteiger charge is -2.35. The van der Waals surface area contributed by atoms with Crippen LogP contribution in [-0.2, 0) is 16.1 Å². The van der Waals surface area contributed by atoms with Crippen LogP contribution in [0.25, 0.3) is 11.0 Å². The van der Waals surface area contributed by atoms with E-state index in [1.807, 2.05) is 47.6 Å². The first-order valence-electron chi connectivity index (χ1n) is 9.98. The SMILES string of the molecule is CC1CC(C)CN(C(=O)CSc2nc3ccccc3n2CC(=O)NC(C)C)C1. The lowest BCUT2D eigenvalue weighted by molar-refractivity contribution is -0.131. The summed E-state index contributed by atoms with van der Waals surface area (Å²) in [5.74, 6) is 1.52. The Kier molecular flexibility index (Phi) is 6.65. The summed E-state index contributed by atoms with van der Waals surface area (Å²) < 4.78 is 1.91. The monoisotopic (exact) mass is 402 g/mol. The highest BCUT2D eigenvalue weighted by Crippen LogP contribution is 2.26. The van der Waals surface area contributed by atoms with Gasteiger partial charge in [-0.2, -0.15) is 0 Å². The summed E-state index contributed by atoms with van der Waals surface area (Å²) in [4.78, 5) is 31.7. The fourth-order valence-corrected chi connectivity index (χ4v) is 4.83. The molecule has 1 saturated heterocycles. The summed E-state index contributed by atoms with van der Waals surface area (Å²) in [6, 6.07) is 7.86. The summed E-state index contributed by atoms with van der Waals surface area (Å²) in [5, 5.41) is 3.64. The fraction of sp³-hybridized carbons (Fsp3) is 0.571. The second-order valence-electron chi connectivity index (χ2n) is 8.22. The Hall–Kier alpha value is -2.02. The van der Waals surface area contributed by atoms with E-state index in [0.29, 0.717) is 22.7 Å². The molecule has 6 nitrogen and oxygen atoms in total. The molecule has 0 saturated carbocycles. The lowest BCUT2D eigenvalue weighted by atomic mass is 9.92. The molecule has 1 N–H and O–H groups in total. The molecule has 7 heteroatoms. The molecule has 2 amide bonds. The molecule has 2 heterocycles. The van der Waals surface area contributed by atoms with Crippen molar-refractivity contribution in [2.75, 3.05) is 18.8 Å². The Labute approximate surface area is 171 Å². The molecule has 0 bridgehead atoms. The third kappa shape index (κ3) is 5.07. The van der Waals surface area contributed by atoms with Crippen LogP contribution in [0.2, 0.25) is 0 Å². The molecule has 3 rings (SSSR count). The largest absolute Gasteiger partial charge is 0.352 e. The average molecular weight is 403 g/mol. The zero-order valence-electron chi connectivity index (χ0n) is 17.1. The van der Waals surface area contributed by atoms with Crippen LogP contribution in [0, 0.1) is 11.8 Å². The van der Waals surface area contributed by atoms with Gasteiger partial charge in [0.15, 0.2) is 5.16 Å². The van der Waals surface area contributed by atoms with Crippen LogP contribution in [0.1, 0.15) is 34.1 Å². The molecule has 1 aliphatic heterocycles. The van der Waals surface area contributed by atoms with Gasteiger partial charge in [-0.15, -0.1) is 0 Å². The second-order valence-corrected chi connectivity index (χ2v) is 9.17. The smallest absolute Gasteiger partial charge is 0.240 e. The van der Waals surface area contributed by atoms with E-state index in [2.05, 4.69) is 24.1 Å². The Morgan fingerprint density at radius 2 is 1.89 bits per heavy atom. The molecule has 1 aromatic heterocycles. The molecule has 0 aliphatic carbocycles. The van der Waals surface area contributed by atoms with Crippen molar-refractivity contribution < 1.29 is 9.59 Å². The number of para-hydroxylation sites is 2. The van der Waals surface area contributed by atoms with Crippen LogP contribution in [0.4, 0.5) is 0 Å². The summed E-state index contributed by atoms with van der Waals surface area (Å²) in [6.45, 7) is 10.2. The quantitative estimate of drug-likeness (QED) is 0.754. The van der Waals surface area contributed by atoms with Gasteiger partial charge in [0.2, 0.25) is 11.8 Å². The highest BCUT2D eigenvalue weighted by Gasteiger charge is 2.26. The molecule has 2 atom stereocenters.